The molecule has 0 radical (unpaired) electrons. The predicted octanol–water partition coefficient (Wildman–Crippen LogP) is 1.84. The van der Waals surface area contributed by atoms with Gasteiger partial charge in [-0.15, -0.1) is 0 Å². The molecule has 1 fully saturated rings. The van der Waals surface area contributed by atoms with E-state index in [2.05, 4.69) is 0 Å². The lowest BCUT2D eigenvalue weighted by Gasteiger charge is -2.33. The Morgan fingerprint density at radius 2 is 1.86 bits per heavy atom. The van der Waals surface area contributed by atoms with Crippen LogP contribution in [-0.4, -0.2) is 36.6 Å². The third-order valence-corrected chi connectivity index (χ3v) is 2.46. The van der Waals surface area contributed by atoms with Crippen molar-refractivity contribution in [2.75, 3.05) is 19.6 Å². The van der Waals surface area contributed by atoms with Gasteiger partial charge < -0.3 is 10.6 Å². The van der Waals surface area contributed by atoms with Crippen LogP contribution < -0.4 is 0 Å². The maximum absolute atomic E-state index is 12.2. The van der Waals surface area contributed by atoms with E-state index in [-0.39, 0.29) is 38.4 Å². The molecular formula is C8H12F3N2O-. The molecule has 1 amide bonds. The summed E-state index contributed by atoms with van der Waals surface area (Å²) in [6, 6.07) is 0. The summed E-state index contributed by atoms with van der Waals surface area (Å²) in [6.45, 7) is -0.125. The molecule has 1 rings (SSSR count). The van der Waals surface area contributed by atoms with Crippen molar-refractivity contribution in [1.82, 2.24) is 4.90 Å². The van der Waals surface area contributed by atoms with Crippen molar-refractivity contribution in [2.45, 2.75) is 19.0 Å². The molecular weight excluding hydrogens is 197 g/mol. The molecule has 0 aromatic carbocycles. The van der Waals surface area contributed by atoms with Gasteiger partial charge in [0.25, 0.3) is 0 Å². The minimum atomic E-state index is -4.14. The zero-order chi connectivity index (χ0) is 10.8. The molecule has 1 heterocycles. The van der Waals surface area contributed by atoms with Crippen molar-refractivity contribution < 1.29 is 18.0 Å². The average molecular weight is 209 g/mol. The van der Waals surface area contributed by atoms with E-state index >= 15 is 0 Å². The number of carbonyl (C=O) groups excluding carboxylic acids is 1. The summed E-state index contributed by atoms with van der Waals surface area (Å²) in [4.78, 5) is 12.3. The van der Waals surface area contributed by atoms with Gasteiger partial charge in [-0.25, -0.2) is 0 Å². The highest BCUT2D eigenvalue weighted by Crippen LogP contribution is 2.33. The van der Waals surface area contributed by atoms with E-state index in [1.807, 2.05) is 0 Å². The number of hydrogen-bond donors (Lipinski definition) is 0. The highest BCUT2D eigenvalue weighted by Gasteiger charge is 2.41. The fourth-order valence-electron chi connectivity index (χ4n) is 1.57. The summed E-state index contributed by atoms with van der Waals surface area (Å²) in [5.74, 6) is -1.66. The Bertz CT molecular complexity index is 209. The number of rotatable bonds is 1. The summed E-state index contributed by atoms with van der Waals surface area (Å²) in [7, 11) is 0. The molecule has 0 atom stereocenters. The summed E-state index contributed by atoms with van der Waals surface area (Å²) in [5, 5.41) is 0. The number of carbonyl (C=O) groups is 1. The Morgan fingerprint density at radius 1 is 1.36 bits per heavy atom. The summed E-state index contributed by atoms with van der Waals surface area (Å²) in [6.07, 6.45) is -4.21. The third kappa shape index (κ3) is 2.60. The maximum Gasteiger partial charge on any atom is 0.391 e. The molecule has 6 heteroatoms. The van der Waals surface area contributed by atoms with Crippen LogP contribution in [0.15, 0.2) is 0 Å². The Labute approximate surface area is 80.0 Å². The molecule has 0 spiro atoms. The average Bonchev–Trinajstić information content (AvgIpc) is 2.15. The first kappa shape index (κ1) is 11.3. The molecule has 1 N–H and O–H groups in total. The van der Waals surface area contributed by atoms with Crippen molar-refractivity contribution in [3.05, 3.63) is 5.73 Å². The number of halogens is 3. The monoisotopic (exact) mass is 209 g/mol. The van der Waals surface area contributed by atoms with Crippen LogP contribution in [0.1, 0.15) is 12.8 Å². The number of alkyl halides is 3. The number of nitrogens with one attached hydrogen (secondary N) is 1. The van der Waals surface area contributed by atoms with E-state index in [1.165, 1.54) is 4.90 Å². The smallest absolute Gasteiger partial charge is 0.391 e. The van der Waals surface area contributed by atoms with Crippen molar-refractivity contribution in [2.24, 2.45) is 5.92 Å². The third-order valence-electron chi connectivity index (χ3n) is 2.46. The van der Waals surface area contributed by atoms with Crippen molar-refractivity contribution in [3.63, 3.8) is 0 Å². The highest BCUT2D eigenvalue weighted by atomic mass is 19.4. The molecule has 1 aliphatic heterocycles. The molecule has 0 bridgehead atoms. The maximum atomic E-state index is 12.2. The van der Waals surface area contributed by atoms with Gasteiger partial charge in [0, 0.05) is 13.1 Å². The molecule has 3 nitrogen and oxygen atoms in total. The Hall–Kier alpha value is -0.780. The first-order valence-corrected chi connectivity index (χ1v) is 4.44. The number of piperidine rings is 1. The topological polar surface area (TPSA) is 44.1 Å². The molecule has 0 aromatic heterocycles. The number of likely N-dealkylation sites (tertiary alicyclic amines) is 1. The van der Waals surface area contributed by atoms with Crippen LogP contribution in [0, 0.1) is 5.92 Å². The van der Waals surface area contributed by atoms with Crippen LogP contribution in [-0.2, 0) is 4.79 Å². The zero-order valence-corrected chi connectivity index (χ0v) is 7.60. The second-order valence-electron chi connectivity index (χ2n) is 3.37. The standard InChI is InChI=1S/C8H12F3N2O/c9-8(10,11)6-1-3-13(4-2-6)7(14)5-12/h6,12H,1-5H2/q-1. The van der Waals surface area contributed by atoms with Gasteiger partial charge >= 0.3 is 6.18 Å². The van der Waals surface area contributed by atoms with E-state index in [1.54, 1.807) is 0 Å². The molecule has 0 aromatic rings. The lowest BCUT2D eigenvalue weighted by molar-refractivity contribution is -0.186. The van der Waals surface area contributed by atoms with E-state index in [0.717, 1.165) is 0 Å². The van der Waals surface area contributed by atoms with Crippen LogP contribution >= 0.6 is 0 Å². The molecule has 1 aliphatic rings. The first-order chi connectivity index (χ1) is 6.45. The van der Waals surface area contributed by atoms with Crippen molar-refractivity contribution in [1.29, 1.82) is 0 Å². The fraction of sp³-hybridized carbons (Fsp3) is 0.875. The molecule has 0 aliphatic carbocycles. The molecule has 82 valence electrons. The largest absolute Gasteiger partial charge is 0.670 e. The van der Waals surface area contributed by atoms with Crippen LogP contribution in [0.5, 0.6) is 0 Å². The Morgan fingerprint density at radius 3 is 2.21 bits per heavy atom. The van der Waals surface area contributed by atoms with Crippen molar-refractivity contribution in [3.8, 4) is 0 Å². The van der Waals surface area contributed by atoms with Crippen molar-refractivity contribution >= 4 is 5.91 Å². The lowest BCUT2D eigenvalue weighted by Crippen LogP contribution is -2.42. The number of hydrogen-bond acceptors (Lipinski definition) is 1. The fourth-order valence-corrected chi connectivity index (χ4v) is 1.57. The SMILES string of the molecule is [NH-]CC(=O)N1CCC(C(F)(F)F)CC1. The highest BCUT2D eigenvalue weighted by molar-refractivity contribution is 5.79. The zero-order valence-electron chi connectivity index (χ0n) is 7.60. The van der Waals surface area contributed by atoms with Gasteiger partial charge in [-0.05, 0) is 12.8 Å². The Balaban J connectivity index is 2.43. The van der Waals surface area contributed by atoms with Gasteiger partial charge in [-0.1, -0.05) is 6.54 Å². The second kappa shape index (κ2) is 4.16. The Kier molecular flexibility index (Phi) is 3.36. The molecule has 14 heavy (non-hydrogen) atoms. The van der Waals surface area contributed by atoms with Gasteiger partial charge in [-0.3, -0.25) is 4.79 Å². The van der Waals surface area contributed by atoms with Gasteiger partial charge in [-0.2, -0.15) is 13.2 Å². The molecule has 0 unspecified atom stereocenters. The van der Waals surface area contributed by atoms with E-state index in [4.69, 9.17) is 5.73 Å². The van der Waals surface area contributed by atoms with Crippen LogP contribution in [0.3, 0.4) is 0 Å². The van der Waals surface area contributed by atoms with Gasteiger partial charge in [0.15, 0.2) is 0 Å². The van der Waals surface area contributed by atoms with Crippen LogP contribution in [0.4, 0.5) is 13.2 Å². The van der Waals surface area contributed by atoms with Gasteiger partial charge in [0.1, 0.15) is 0 Å². The summed E-state index contributed by atoms with van der Waals surface area (Å²) >= 11 is 0. The number of nitrogens with zero attached hydrogens (tertiary/aromatic N) is 1. The van der Waals surface area contributed by atoms with E-state index in [0.29, 0.717) is 0 Å². The van der Waals surface area contributed by atoms with Crippen LogP contribution in [0.2, 0.25) is 0 Å². The minimum absolute atomic E-state index is 0.0325. The second-order valence-corrected chi connectivity index (χ2v) is 3.37. The molecule has 0 saturated carbocycles. The number of amides is 1. The van der Waals surface area contributed by atoms with E-state index in [9.17, 15) is 18.0 Å². The summed E-state index contributed by atoms with van der Waals surface area (Å²) in [5.41, 5.74) is 6.80. The summed E-state index contributed by atoms with van der Waals surface area (Å²) < 4.78 is 36.6. The van der Waals surface area contributed by atoms with Gasteiger partial charge in [0.05, 0.1) is 5.92 Å². The quantitative estimate of drug-likeness (QED) is 0.649. The first-order valence-electron chi connectivity index (χ1n) is 4.44. The minimum Gasteiger partial charge on any atom is -0.670 e. The van der Waals surface area contributed by atoms with Gasteiger partial charge in [0.2, 0.25) is 5.91 Å². The van der Waals surface area contributed by atoms with E-state index < -0.39 is 12.1 Å². The normalized spacial score (nSPS) is 19.9. The lowest BCUT2D eigenvalue weighted by atomic mass is 9.96. The predicted molar refractivity (Wildman–Crippen MR) is 44.5 cm³/mol. The van der Waals surface area contributed by atoms with Crippen LogP contribution in [0.25, 0.3) is 5.73 Å². The molecule has 1 saturated heterocycles.